The maximum atomic E-state index is 13.6. The fraction of sp³-hybridized carbons (Fsp3) is 0.500. The minimum Gasteiger partial charge on any atom is -0.396 e. The van der Waals surface area contributed by atoms with Gasteiger partial charge in [-0.2, -0.15) is 0 Å². The van der Waals surface area contributed by atoms with Gasteiger partial charge in [0.1, 0.15) is 5.82 Å². The van der Waals surface area contributed by atoms with Crippen LogP contribution in [0.15, 0.2) is 18.2 Å². The van der Waals surface area contributed by atoms with E-state index < -0.39 is 5.82 Å². The quantitative estimate of drug-likeness (QED) is 0.873. The molecule has 112 valence electrons. The van der Waals surface area contributed by atoms with Crippen molar-refractivity contribution in [2.24, 2.45) is 5.41 Å². The van der Waals surface area contributed by atoms with E-state index in [0.717, 1.165) is 26.1 Å². The van der Waals surface area contributed by atoms with Crippen LogP contribution in [0.4, 0.5) is 10.1 Å². The summed E-state index contributed by atoms with van der Waals surface area (Å²) in [6.45, 7) is 4.39. The number of aromatic nitrogens is 4. The number of hydrogen-bond acceptors (Lipinski definition) is 5. The largest absolute Gasteiger partial charge is 0.396 e. The molecule has 0 bridgehead atoms. The third-order valence-corrected chi connectivity index (χ3v) is 4.02. The normalized spacial score (nSPS) is 17.8. The summed E-state index contributed by atoms with van der Waals surface area (Å²) in [6.07, 6.45) is 1.92. The molecule has 0 unspecified atom stereocenters. The molecule has 21 heavy (non-hydrogen) atoms. The van der Waals surface area contributed by atoms with Crippen molar-refractivity contribution in [1.82, 2.24) is 20.2 Å². The number of hydrogen-bond donors (Lipinski definition) is 1. The molecule has 1 fully saturated rings. The minimum absolute atomic E-state index is 0.0920. The number of anilines is 1. The molecular formula is C14H18FN5O. The van der Waals surface area contributed by atoms with Gasteiger partial charge in [0.15, 0.2) is 5.82 Å². The molecule has 3 rings (SSSR count). The Balaban J connectivity index is 1.88. The first-order valence-corrected chi connectivity index (χ1v) is 6.97. The van der Waals surface area contributed by atoms with Crippen molar-refractivity contribution in [2.75, 3.05) is 18.9 Å². The van der Waals surface area contributed by atoms with Crippen LogP contribution in [0.1, 0.15) is 19.8 Å². The second-order valence-corrected chi connectivity index (χ2v) is 5.82. The third kappa shape index (κ3) is 2.87. The lowest BCUT2D eigenvalue weighted by molar-refractivity contribution is 0.0138. The SMILES string of the molecule is CC1(Cn2nnnc2-c2ccc(N)c(F)c2)CCOCC1. The maximum Gasteiger partial charge on any atom is 0.182 e. The number of benzene rings is 1. The third-order valence-electron chi connectivity index (χ3n) is 4.02. The zero-order valence-electron chi connectivity index (χ0n) is 11.9. The van der Waals surface area contributed by atoms with Crippen LogP contribution in [0.2, 0.25) is 0 Å². The number of halogens is 1. The van der Waals surface area contributed by atoms with E-state index in [4.69, 9.17) is 10.5 Å². The van der Waals surface area contributed by atoms with Gasteiger partial charge in [0.25, 0.3) is 0 Å². The summed E-state index contributed by atoms with van der Waals surface area (Å²) < 4.78 is 20.8. The van der Waals surface area contributed by atoms with Gasteiger partial charge in [0, 0.05) is 18.8 Å². The summed E-state index contributed by atoms with van der Waals surface area (Å²) in [6, 6.07) is 4.62. The number of tetrazole rings is 1. The summed E-state index contributed by atoms with van der Waals surface area (Å²) in [4.78, 5) is 0. The molecule has 7 heteroatoms. The average Bonchev–Trinajstić information content (AvgIpc) is 2.90. The van der Waals surface area contributed by atoms with E-state index in [1.165, 1.54) is 12.1 Å². The molecule has 1 aliphatic rings. The average molecular weight is 291 g/mol. The van der Waals surface area contributed by atoms with Crippen molar-refractivity contribution >= 4 is 5.69 Å². The van der Waals surface area contributed by atoms with Crippen molar-refractivity contribution < 1.29 is 9.13 Å². The Morgan fingerprint density at radius 3 is 2.86 bits per heavy atom. The smallest absolute Gasteiger partial charge is 0.182 e. The highest BCUT2D eigenvalue weighted by Gasteiger charge is 2.29. The Morgan fingerprint density at radius 1 is 1.38 bits per heavy atom. The van der Waals surface area contributed by atoms with E-state index in [1.54, 1.807) is 10.7 Å². The second kappa shape index (κ2) is 5.40. The monoisotopic (exact) mass is 291 g/mol. The first kappa shape index (κ1) is 13.9. The molecule has 2 aromatic rings. The predicted octanol–water partition coefficient (Wildman–Crippen LogP) is 1.88. The molecule has 2 N–H and O–H groups in total. The molecular weight excluding hydrogens is 273 g/mol. The number of nitrogens with two attached hydrogens (primary N) is 1. The molecule has 1 aliphatic heterocycles. The highest BCUT2D eigenvalue weighted by atomic mass is 19.1. The van der Waals surface area contributed by atoms with Gasteiger partial charge in [-0.05, 0) is 46.9 Å². The van der Waals surface area contributed by atoms with E-state index in [-0.39, 0.29) is 11.1 Å². The van der Waals surface area contributed by atoms with E-state index in [0.29, 0.717) is 17.9 Å². The highest BCUT2D eigenvalue weighted by molar-refractivity contribution is 5.59. The summed E-state index contributed by atoms with van der Waals surface area (Å²) in [5.74, 6) is 0.0981. The second-order valence-electron chi connectivity index (χ2n) is 5.82. The lowest BCUT2D eigenvalue weighted by Gasteiger charge is -2.33. The van der Waals surface area contributed by atoms with Gasteiger partial charge in [-0.3, -0.25) is 0 Å². The summed E-state index contributed by atoms with van der Waals surface area (Å²) in [5.41, 5.74) is 6.34. The van der Waals surface area contributed by atoms with Gasteiger partial charge in [0.05, 0.1) is 12.2 Å². The van der Waals surface area contributed by atoms with Gasteiger partial charge in [0.2, 0.25) is 0 Å². The van der Waals surface area contributed by atoms with Crippen molar-refractivity contribution in [3.8, 4) is 11.4 Å². The van der Waals surface area contributed by atoms with Gasteiger partial charge in [-0.1, -0.05) is 6.92 Å². The number of rotatable bonds is 3. The van der Waals surface area contributed by atoms with Gasteiger partial charge >= 0.3 is 0 Å². The standard InChI is InChI=1S/C14H18FN5O/c1-14(4-6-21-7-5-14)9-20-13(17-18-19-20)10-2-3-12(16)11(15)8-10/h2-3,8H,4-7,9,16H2,1H3. The van der Waals surface area contributed by atoms with Gasteiger partial charge in [-0.25, -0.2) is 9.07 Å². The Bertz CT molecular complexity index is 636. The molecule has 0 radical (unpaired) electrons. The zero-order chi connectivity index (χ0) is 14.9. The molecule has 0 aliphatic carbocycles. The van der Waals surface area contributed by atoms with E-state index in [2.05, 4.69) is 22.4 Å². The number of nitrogens with zero attached hydrogens (tertiary/aromatic N) is 4. The molecule has 0 saturated carbocycles. The van der Waals surface area contributed by atoms with Crippen LogP contribution in [0.3, 0.4) is 0 Å². The Morgan fingerprint density at radius 2 is 2.14 bits per heavy atom. The predicted molar refractivity (Wildman–Crippen MR) is 75.8 cm³/mol. The molecule has 0 spiro atoms. The zero-order valence-corrected chi connectivity index (χ0v) is 11.9. The van der Waals surface area contributed by atoms with Crippen LogP contribution < -0.4 is 5.73 Å². The minimum atomic E-state index is -0.459. The Labute approximate surface area is 122 Å². The lowest BCUT2D eigenvalue weighted by atomic mass is 9.82. The van der Waals surface area contributed by atoms with Crippen molar-refractivity contribution in [1.29, 1.82) is 0 Å². The summed E-state index contributed by atoms with van der Waals surface area (Å²) in [5, 5.41) is 11.8. The molecule has 0 amide bonds. The van der Waals surface area contributed by atoms with Crippen LogP contribution in [0.5, 0.6) is 0 Å². The molecule has 0 atom stereocenters. The van der Waals surface area contributed by atoms with Crippen LogP contribution in [-0.2, 0) is 11.3 Å². The fourth-order valence-corrected chi connectivity index (χ4v) is 2.57. The highest BCUT2D eigenvalue weighted by Crippen LogP contribution is 2.32. The van der Waals surface area contributed by atoms with E-state index in [1.807, 2.05) is 0 Å². The van der Waals surface area contributed by atoms with Crippen LogP contribution in [-0.4, -0.2) is 33.4 Å². The summed E-state index contributed by atoms with van der Waals surface area (Å²) >= 11 is 0. The topological polar surface area (TPSA) is 78.9 Å². The molecule has 1 saturated heterocycles. The molecule has 1 aromatic heterocycles. The first-order chi connectivity index (χ1) is 10.1. The number of ether oxygens (including phenoxy) is 1. The van der Waals surface area contributed by atoms with Crippen molar-refractivity contribution in [3.63, 3.8) is 0 Å². The number of nitrogen functional groups attached to an aromatic ring is 1. The van der Waals surface area contributed by atoms with Crippen molar-refractivity contribution in [2.45, 2.75) is 26.3 Å². The van der Waals surface area contributed by atoms with Crippen LogP contribution >= 0.6 is 0 Å². The van der Waals surface area contributed by atoms with Crippen LogP contribution in [0.25, 0.3) is 11.4 Å². The fourth-order valence-electron chi connectivity index (χ4n) is 2.57. The van der Waals surface area contributed by atoms with E-state index in [9.17, 15) is 4.39 Å². The summed E-state index contributed by atoms with van der Waals surface area (Å²) in [7, 11) is 0. The Kier molecular flexibility index (Phi) is 3.59. The van der Waals surface area contributed by atoms with Crippen LogP contribution in [0, 0.1) is 11.2 Å². The van der Waals surface area contributed by atoms with Crippen molar-refractivity contribution in [3.05, 3.63) is 24.0 Å². The molecule has 6 nitrogen and oxygen atoms in total. The lowest BCUT2D eigenvalue weighted by Crippen LogP contribution is -2.31. The van der Waals surface area contributed by atoms with Gasteiger partial charge in [-0.15, -0.1) is 5.10 Å². The maximum absolute atomic E-state index is 13.6. The molecule has 1 aromatic carbocycles. The van der Waals surface area contributed by atoms with Gasteiger partial charge < -0.3 is 10.5 Å². The molecule has 2 heterocycles. The first-order valence-electron chi connectivity index (χ1n) is 6.97. The Hall–Kier alpha value is -2.02. The van der Waals surface area contributed by atoms with E-state index >= 15 is 0 Å².